The van der Waals surface area contributed by atoms with Gasteiger partial charge in [-0.15, -0.1) is 11.3 Å². The molecule has 0 spiro atoms. The molecular weight excluding hydrogens is 377 g/mol. The van der Waals surface area contributed by atoms with Gasteiger partial charge in [0.2, 0.25) is 0 Å². The highest BCUT2D eigenvalue weighted by atomic mass is 32.1. The smallest absolute Gasteiger partial charge is 0.310 e. The lowest BCUT2D eigenvalue weighted by atomic mass is 10.0. The summed E-state index contributed by atoms with van der Waals surface area (Å²) in [5, 5.41) is 0.432. The van der Waals surface area contributed by atoms with E-state index >= 15 is 0 Å². The lowest BCUT2D eigenvalue weighted by Gasteiger charge is -2.09. The van der Waals surface area contributed by atoms with Crippen molar-refractivity contribution < 1.29 is 22.7 Å². The number of carbonyl (C=O) groups is 1. The van der Waals surface area contributed by atoms with Crippen LogP contribution in [-0.4, -0.2) is 22.5 Å². The van der Waals surface area contributed by atoms with Crippen LogP contribution >= 0.6 is 11.3 Å². The molecule has 0 unspecified atom stereocenters. The maximum absolute atomic E-state index is 13.9. The quantitative estimate of drug-likeness (QED) is 0.460. The molecular formula is C19H17F3N2O2S. The molecule has 1 aromatic carbocycles. The molecule has 4 nitrogen and oxygen atoms in total. The van der Waals surface area contributed by atoms with Crippen molar-refractivity contribution in [1.82, 2.24) is 9.97 Å². The van der Waals surface area contributed by atoms with Crippen LogP contribution in [0.4, 0.5) is 13.2 Å². The minimum absolute atomic E-state index is 0.0196. The van der Waals surface area contributed by atoms with Gasteiger partial charge in [-0.25, -0.2) is 18.2 Å². The first kappa shape index (κ1) is 19.3. The zero-order valence-electron chi connectivity index (χ0n) is 14.8. The molecule has 0 radical (unpaired) electrons. The molecule has 0 aliphatic heterocycles. The number of esters is 1. The van der Waals surface area contributed by atoms with Gasteiger partial charge in [0.25, 0.3) is 0 Å². The van der Waals surface area contributed by atoms with E-state index in [-0.39, 0.29) is 29.0 Å². The molecule has 3 rings (SSSR count). The van der Waals surface area contributed by atoms with Crippen molar-refractivity contribution in [2.45, 2.75) is 33.1 Å². The number of thiazole rings is 1. The van der Waals surface area contributed by atoms with E-state index < -0.39 is 17.5 Å². The molecule has 2 aromatic heterocycles. The Labute approximate surface area is 158 Å². The summed E-state index contributed by atoms with van der Waals surface area (Å²) >= 11 is 0.967. The second-order valence-electron chi connectivity index (χ2n) is 5.90. The van der Waals surface area contributed by atoms with E-state index in [0.717, 1.165) is 28.2 Å². The second-order valence-corrected chi connectivity index (χ2v) is 6.98. The molecule has 8 heteroatoms. The Hall–Kier alpha value is -2.48. The molecule has 0 atom stereocenters. The topological polar surface area (TPSA) is 52.1 Å². The molecule has 142 valence electrons. The first-order chi connectivity index (χ1) is 12.9. The molecule has 0 N–H and O–H groups in total. The van der Waals surface area contributed by atoms with Crippen LogP contribution in [-0.2, 0) is 28.8 Å². The summed E-state index contributed by atoms with van der Waals surface area (Å²) in [6.07, 6.45) is 2.68. The van der Waals surface area contributed by atoms with Gasteiger partial charge >= 0.3 is 5.97 Å². The number of ether oxygens (including phenoxy) is 1. The first-order valence-corrected chi connectivity index (χ1v) is 9.29. The van der Waals surface area contributed by atoms with E-state index in [2.05, 4.69) is 9.97 Å². The molecule has 3 aromatic rings. The maximum atomic E-state index is 13.9. The monoisotopic (exact) mass is 394 g/mol. The first-order valence-electron chi connectivity index (χ1n) is 8.48. The van der Waals surface area contributed by atoms with Gasteiger partial charge in [0.05, 0.1) is 22.7 Å². The predicted octanol–water partition coefficient (Wildman–Crippen LogP) is 4.37. The minimum atomic E-state index is -1.26. The molecule has 0 aliphatic rings. The standard InChI is InChI=1S/C19H17F3N2O2S/c1-3-14-11(7-16(25)26-4-2)5-10(9-23-14)6-15-24-18-17(22)12(20)8-13(21)19(18)27-15/h5,8-9H,3-4,6-7H2,1-2H3. The Morgan fingerprint density at radius 2 is 1.96 bits per heavy atom. The highest BCUT2D eigenvalue weighted by molar-refractivity contribution is 7.18. The van der Waals surface area contributed by atoms with E-state index in [4.69, 9.17) is 4.74 Å². The third-order valence-corrected chi connectivity index (χ3v) is 5.07. The summed E-state index contributed by atoms with van der Waals surface area (Å²) in [5.41, 5.74) is 1.97. The van der Waals surface area contributed by atoms with Gasteiger partial charge in [-0.2, -0.15) is 0 Å². The highest BCUT2D eigenvalue weighted by Crippen LogP contribution is 2.30. The third kappa shape index (κ3) is 4.10. The number of aryl methyl sites for hydroxylation is 1. The highest BCUT2D eigenvalue weighted by Gasteiger charge is 2.18. The van der Waals surface area contributed by atoms with Crippen LogP contribution in [0.25, 0.3) is 10.2 Å². The minimum Gasteiger partial charge on any atom is -0.466 e. The number of carbonyl (C=O) groups excluding carboxylic acids is 1. The van der Waals surface area contributed by atoms with Crippen LogP contribution < -0.4 is 0 Å². The van der Waals surface area contributed by atoms with Crippen molar-refractivity contribution in [2.24, 2.45) is 0 Å². The molecule has 0 bridgehead atoms. The van der Waals surface area contributed by atoms with Gasteiger partial charge in [-0.3, -0.25) is 9.78 Å². The second kappa shape index (κ2) is 8.04. The fourth-order valence-corrected chi connectivity index (χ4v) is 3.80. The van der Waals surface area contributed by atoms with Crippen LogP contribution in [0.1, 0.15) is 35.7 Å². The Bertz CT molecular complexity index is 1000. The van der Waals surface area contributed by atoms with Crippen molar-refractivity contribution in [2.75, 3.05) is 6.61 Å². The van der Waals surface area contributed by atoms with Gasteiger partial charge in [0.1, 0.15) is 11.3 Å². The number of benzene rings is 1. The van der Waals surface area contributed by atoms with Crippen LogP contribution in [0.5, 0.6) is 0 Å². The van der Waals surface area contributed by atoms with Crippen molar-refractivity contribution in [1.29, 1.82) is 0 Å². The number of hydrogen-bond acceptors (Lipinski definition) is 5. The molecule has 0 saturated heterocycles. The Morgan fingerprint density at radius 1 is 1.19 bits per heavy atom. The van der Waals surface area contributed by atoms with Crippen molar-refractivity contribution in [3.63, 3.8) is 0 Å². The van der Waals surface area contributed by atoms with Crippen LogP contribution in [0, 0.1) is 17.5 Å². The summed E-state index contributed by atoms with van der Waals surface area (Å²) in [6, 6.07) is 2.34. The van der Waals surface area contributed by atoms with Crippen LogP contribution in [0.15, 0.2) is 18.3 Å². The summed E-state index contributed by atoms with van der Waals surface area (Å²) in [4.78, 5) is 20.2. The summed E-state index contributed by atoms with van der Waals surface area (Å²) < 4.78 is 46.0. The molecule has 27 heavy (non-hydrogen) atoms. The maximum Gasteiger partial charge on any atom is 0.310 e. The van der Waals surface area contributed by atoms with E-state index in [1.165, 1.54) is 0 Å². The number of hydrogen-bond donors (Lipinski definition) is 0. The average Bonchev–Trinajstić information content (AvgIpc) is 3.05. The number of fused-ring (bicyclic) bond motifs is 1. The fraction of sp³-hybridized carbons (Fsp3) is 0.316. The number of pyridine rings is 1. The van der Waals surface area contributed by atoms with Gasteiger partial charge in [0, 0.05) is 24.4 Å². The van der Waals surface area contributed by atoms with Gasteiger partial charge in [-0.1, -0.05) is 13.0 Å². The summed E-state index contributed by atoms with van der Waals surface area (Å²) in [7, 11) is 0. The Kier molecular flexibility index (Phi) is 5.74. The zero-order chi connectivity index (χ0) is 19.6. The Morgan fingerprint density at radius 3 is 2.67 bits per heavy atom. The zero-order valence-corrected chi connectivity index (χ0v) is 15.6. The van der Waals surface area contributed by atoms with E-state index in [0.29, 0.717) is 24.1 Å². The third-order valence-electron chi connectivity index (χ3n) is 4.01. The van der Waals surface area contributed by atoms with Crippen LogP contribution in [0.2, 0.25) is 0 Å². The van der Waals surface area contributed by atoms with E-state index in [9.17, 15) is 18.0 Å². The lowest BCUT2D eigenvalue weighted by molar-refractivity contribution is -0.142. The molecule has 0 saturated carbocycles. The SMILES string of the molecule is CCOC(=O)Cc1cc(Cc2nc3c(F)c(F)cc(F)c3s2)cnc1CC. The number of rotatable bonds is 6. The van der Waals surface area contributed by atoms with E-state index in [1.54, 1.807) is 13.1 Å². The molecule has 0 aliphatic carbocycles. The van der Waals surface area contributed by atoms with Crippen LogP contribution in [0.3, 0.4) is 0 Å². The average molecular weight is 394 g/mol. The molecule has 2 heterocycles. The molecule has 0 amide bonds. The molecule has 0 fully saturated rings. The lowest BCUT2D eigenvalue weighted by Crippen LogP contribution is -2.10. The van der Waals surface area contributed by atoms with Gasteiger partial charge in [-0.05, 0) is 24.5 Å². The Balaban J connectivity index is 1.91. The number of aromatic nitrogens is 2. The van der Waals surface area contributed by atoms with E-state index in [1.807, 2.05) is 13.0 Å². The largest absolute Gasteiger partial charge is 0.466 e. The summed E-state index contributed by atoms with van der Waals surface area (Å²) in [6.45, 7) is 3.97. The normalized spacial score (nSPS) is 11.1. The van der Waals surface area contributed by atoms with Crippen molar-refractivity contribution in [3.8, 4) is 0 Å². The van der Waals surface area contributed by atoms with Gasteiger partial charge in [0.15, 0.2) is 11.6 Å². The fourth-order valence-electron chi connectivity index (χ4n) is 2.80. The summed E-state index contributed by atoms with van der Waals surface area (Å²) in [5.74, 6) is -3.60. The number of nitrogens with zero attached hydrogens (tertiary/aromatic N) is 2. The van der Waals surface area contributed by atoms with Crippen molar-refractivity contribution in [3.05, 3.63) is 57.6 Å². The predicted molar refractivity (Wildman–Crippen MR) is 96.3 cm³/mol. The van der Waals surface area contributed by atoms with Gasteiger partial charge < -0.3 is 4.74 Å². The number of halogens is 3. The van der Waals surface area contributed by atoms with Crippen molar-refractivity contribution >= 4 is 27.5 Å².